The molecule has 0 fully saturated rings. The fourth-order valence-electron chi connectivity index (χ4n) is 2.23. The Labute approximate surface area is 138 Å². The fourth-order valence-corrected chi connectivity index (χ4v) is 4.18. The minimum Gasteiger partial charge on any atom is -0.306 e. The standard InChI is InChI=1S/C16H19BrClNS/c1-4-5-19-15(14-8-11(3)16(18)20-14)12-6-10(2)7-13(17)9-12/h6-9,15,19H,4-5H2,1-3H3. The van der Waals surface area contributed by atoms with Crippen molar-refractivity contribution >= 4 is 38.9 Å². The Balaban J connectivity index is 2.40. The molecule has 1 atom stereocenters. The summed E-state index contributed by atoms with van der Waals surface area (Å²) in [7, 11) is 0. The van der Waals surface area contributed by atoms with Crippen LogP contribution in [0.5, 0.6) is 0 Å². The summed E-state index contributed by atoms with van der Waals surface area (Å²) in [6, 6.07) is 8.95. The molecule has 2 rings (SSSR count). The topological polar surface area (TPSA) is 12.0 Å². The SMILES string of the molecule is CCCNC(c1cc(C)cc(Br)c1)c1cc(C)c(Cl)s1. The van der Waals surface area contributed by atoms with E-state index in [1.54, 1.807) is 11.3 Å². The molecule has 1 N–H and O–H groups in total. The van der Waals surface area contributed by atoms with Crippen LogP contribution in [-0.4, -0.2) is 6.54 Å². The van der Waals surface area contributed by atoms with Gasteiger partial charge in [-0.05, 0) is 61.7 Å². The minimum absolute atomic E-state index is 0.211. The fraction of sp³-hybridized carbons (Fsp3) is 0.375. The molecule has 1 aromatic heterocycles. The molecule has 0 radical (unpaired) electrons. The smallest absolute Gasteiger partial charge is 0.0961 e. The van der Waals surface area contributed by atoms with Crippen molar-refractivity contribution in [2.45, 2.75) is 33.2 Å². The molecule has 0 amide bonds. The van der Waals surface area contributed by atoms with Crippen molar-refractivity contribution in [3.63, 3.8) is 0 Å². The summed E-state index contributed by atoms with van der Waals surface area (Å²) >= 11 is 11.5. The van der Waals surface area contributed by atoms with E-state index in [-0.39, 0.29) is 6.04 Å². The molecular weight excluding hydrogens is 354 g/mol. The molecule has 0 bridgehead atoms. The number of thiophene rings is 1. The first kappa shape index (κ1) is 16.0. The summed E-state index contributed by atoms with van der Waals surface area (Å²) in [6.07, 6.45) is 1.11. The van der Waals surface area contributed by atoms with Gasteiger partial charge >= 0.3 is 0 Å². The first-order chi connectivity index (χ1) is 9.51. The Kier molecular flexibility index (Phi) is 5.67. The maximum Gasteiger partial charge on any atom is 0.0961 e. The van der Waals surface area contributed by atoms with Crippen LogP contribution in [0.2, 0.25) is 4.34 Å². The predicted molar refractivity (Wildman–Crippen MR) is 93.1 cm³/mol. The second-order valence-corrected chi connectivity index (χ2v) is 7.66. The van der Waals surface area contributed by atoms with E-state index in [9.17, 15) is 0 Å². The van der Waals surface area contributed by atoms with Crippen molar-refractivity contribution in [2.24, 2.45) is 0 Å². The molecule has 4 heteroatoms. The quantitative estimate of drug-likeness (QED) is 0.692. The van der Waals surface area contributed by atoms with Crippen molar-refractivity contribution in [1.82, 2.24) is 5.32 Å². The first-order valence-corrected chi connectivity index (χ1v) is 8.76. The van der Waals surface area contributed by atoms with E-state index in [1.807, 2.05) is 0 Å². The van der Waals surface area contributed by atoms with Crippen molar-refractivity contribution in [2.75, 3.05) is 6.54 Å². The number of rotatable bonds is 5. The van der Waals surface area contributed by atoms with Gasteiger partial charge in [-0.1, -0.05) is 40.5 Å². The number of hydrogen-bond donors (Lipinski definition) is 1. The highest BCUT2D eigenvalue weighted by Gasteiger charge is 2.17. The Bertz CT molecular complexity index is 554. The van der Waals surface area contributed by atoms with Gasteiger partial charge in [0.05, 0.1) is 10.4 Å². The minimum atomic E-state index is 0.211. The highest BCUT2D eigenvalue weighted by Crippen LogP contribution is 2.35. The van der Waals surface area contributed by atoms with Gasteiger partial charge in [0.2, 0.25) is 0 Å². The van der Waals surface area contributed by atoms with E-state index in [4.69, 9.17) is 11.6 Å². The summed E-state index contributed by atoms with van der Waals surface area (Å²) in [5, 5.41) is 3.63. The molecule has 1 unspecified atom stereocenters. The van der Waals surface area contributed by atoms with Crippen LogP contribution in [0, 0.1) is 13.8 Å². The molecule has 0 aliphatic heterocycles. The summed E-state index contributed by atoms with van der Waals surface area (Å²) in [5.41, 5.74) is 3.70. The Morgan fingerprint density at radius 2 is 2.00 bits per heavy atom. The van der Waals surface area contributed by atoms with Crippen LogP contribution in [0.15, 0.2) is 28.7 Å². The number of hydrogen-bond acceptors (Lipinski definition) is 2. The van der Waals surface area contributed by atoms with Crippen LogP contribution in [-0.2, 0) is 0 Å². The largest absolute Gasteiger partial charge is 0.306 e. The molecule has 1 aromatic carbocycles. The van der Waals surface area contributed by atoms with Crippen molar-refractivity contribution in [3.8, 4) is 0 Å². The molecule has 0 spiro atoms. The zero-order valence-electron chi connectivity index (χ0n) is 12.0. The van der Waals surface area contributed by atoms with E-state index in [1.165, 1.54) is 16.0 Å². The summed E-state index contributed by atoms with van der Waals surface area (Å²) in [5.74, 6) is 0. The highest BCUT2D eigenvalue weighted by molar-refractivity contribution is 9.10. The van der Waals surface area contributed by atoms with Crippen molar-refractivity contribution in [3.05, 3.63) is 54.6 Å². The van der Waals surface area contributed by atoms with E-state index in [0.29, 0.717) is 0 Å². The number of halogens is 2. The third-order valence-corrected chi connectivity index (χ3v) is 5.23. The summed E-state index contributed by atoms with van der Waals surface area (Å²) in [4.78, 5) is 1.28. The molecule has 20 heavy (non-hydrogen) atoms. The molecule has 2 aromatic rings. The average Bonchev–Trinajstić information content (AvgIpc) is 2.69. The predicted octanol–water partition coefficient (Wildman–Crippen LogP) is 5.87. The number of aryl methyl sites for hydroxylation is 2. The van der Waals surface area contributed by atoms with Crippen LogP contribution in [0.4, 0.5) is 0 Å². The van der Waals surface area contributed by atoms with Crippen LogP contribution in [0.3, 0.4) is 0 Å². The third-order valence-electron chi connectivity index (χ3n) is 3.16. The second kappa shape index (κ2) is 7.08. The van der Waals surface area contributed by atoms with Gasteiger partial charge in [-0.15, -0.1) is 11.3 Å². The average molecular weight is 373 g/mol. The van der Waals surface area contributed by atoms with Gasteiger partial charge in [0.1, 0.15) is 0 Å². The lowest BCUT2D eigenvalue weighted by molar-refractivity contribution is 0.605. The van der Waals surface area contributed by atoms with Crippen LogP contribution < -0.4 is 5.32 Å². The van der Waals surface area contributed by atoms with Crippen LogP contribution >= 0.6 is 38.9 Å². The molecular formula is C16H19BrClNS. The van der Waals surface area contributed by atoms with Gasteiger partial charge in [0, 0.05) is 9.35 Å². The van der Waals surface area contributed by atoms with Gasteiger partial charge in [0.25, 0.3) is 0 Å². The zero-order valence-corrected chi connectivity index (χ0v) is 15.1. The molecule has 0 aliphatic carbocycles. The van der Waals surface area contributed by atoms with Crippen LogP contribution in [0.1, 0.15) is 41.0 Å². The Morgan fingerprint density at radius 1 is 1.25 bits per heavy atom. The molecule has 1 heterocycles. The molecule has 1 nitrogen and oxygen atoms in total. The molecule has 0 saturated heterocycles. The van der Waals surface area contributed by atoms with E-state index < -0.39 is 0 Å². The maximum absolute atomic E-state index is 6.24. The third kappa shape index (κ3) is 3.85. The lowest BCUT2D eigenvalue weighted by Gasteiger charge is -2.18. The zero-order chi connectivity index (χ0) is 14.7. The van der Waals surface area contributed by atoms with Gasteiger partial charge < -0.3 is 5.32 Å². The van der Waals surface area contributed by atoms with Gasteiger partial charge in [-0.3, -0.25) is 0 Å². The molecule has 108 valence electrons. The maximum atomic E-state index is 6.24. The summed E-state index contributed by atoms with van der Waals surface area (Å²) in [6.45, 7) is 7.36. The van der Waals surface area contributed by atoms with Gasteiger partial charge in [0.15, 0.2) is 0 Å². The summed E-state index contributed by atoms with van der Waals surface area (Å²) < 4.78 is 2.00. The molecule has 0 saturated carbocycles. The highest BCUT2D eigenvalue weighted by atomic mass is 79.9. The van der Waals surface area contributed by atoms with Crippen molar-refractivity contribution in [1.29, 1.82) is 0 Å². The molecule has 0 aliphatic rings. The Hall–Kier alpha value is -0.350. The monoisotopic (exact) mass is 371 g/mol. The Morgan fingerprint density at radius 3 is 2.55 bits per heavy atom. The van der Waals surface area contributed by atoms with Crippen molar-refractivity contribution < 1.29 is 0 Å². The number of benzene rings is 1. The van der Waals surface area contributed by atoms with Gasteiger partial charge in [-0.2, -0.15) is 0 Å². The lowest BCUT2D eigenvalue weighted by Crippen LogP contribution is -2.22. The van der Waals surface area contributed by atoms with Crippen LogP contribution in [0.25, 0.3) is 0 Å². The van der Waals surface area contributed by atoms with E-state index in [0.717, 1.165) is 27.3 Å². The van der Waals surface area contributed by atoms with E-state index in [2.05, 4.69) is 66.3 Å². The van der Waals surface area contributed by atoms with E-state index >= 15 is 0 Å². The van der Waals surface area contributed by atoms with Gasteiger partial charge in [-0.25, -0.2) is 0 Å². The normalized spacial score (nSPS) is 12.7. The number of nitrogens with one attached hydrogen (secondary N) is 1. The lowest BCUT2D eigenvalue weighted by atomic mass is 10.0. The second-order valence-electron chi connectivity index (χ2n) is 5.05. The first-order valence-electron chi connectivity index (χ1n) is 6.77.